The van der Waals surface area contributed by atoms with Crippen molar-refractivity contribution in [3.05, 3.63) is 47.5 Å². The van der Waals surface area contributed by atoms with Gasteiger partial charge in [-0.1, -0.05) is 36.4 Å². The largest absolute Gasteiger partial charge is 0.460 e. The Morgan fingerprint density at radius 2 is 1.82 bits per heavy atom. The first-order valence-corrected chi connectivity index (χ1v) is 7.24. The Balaban J connectivity index is 2.63. The maximum absolute atomic E-state index is 12.0. The summed E-state index contributed by atoms with van der Waals surface area (Å²) >= 11 is 0. The third kappa shape index (κ3) is 5.99. The monoisotopic (exact) mass is 305 g/mol. The highest BCUT2D eigenvalue weighted by Crippen LogP contribution is 2.08. The van der Waals surface area contributed by atoms with Gasteiger partial charge in [-0.15, -0.1) is 0 Å². The quantitative estimate of drug-likeness (QED) is 0.574. The summed E-state index contributed by atoms with van der Waals surface area (Å²) in [5.74, 6) is -0.459. The van der Waals surface area contributed by atoms with Crippen LogP contribution in [0.3, 0.4) is 0 Å². The predicted molar refractivity (Wildman–Crippen MR) is 84.4 cm³/mol. The molecule has 0 aliphatic heterocycles. The van der Waals surface area contributed by atoms with Gasteiger partial charge in [0.15, 0.2) is 0 Å². The van der Waals surface area contributed by atoms with Gasteiger partial charge in [-0.3, -0.25) is 0 Å². The molecule has 0 saturated carbocycles. The van der Waals surface area contributed by atoms with Crippen molar-refractivity contribution < 1.29 is 19.1 Å². The second-order valence-electron chi connectivity index (χ2n) is 5.02. The van der Waals surface area contributed by atoms with E-state index in [4.69, 9.17) is 9.47 Å². The van der Waals surface area contributed by atoms with Gasteiger partial charge in [-0.25, -0.2) is 9.59 Å². The minimum atomic E-state index is -0.459. The van der Waals surface area contributed by atoms with Crippen LogP contribution in [0.1, 0.15) is 25.0 Å². The normalized spacial score (nSPS) is 9.95. The second kappa shape index (κ2) is 8.87. The highest BCUT2D eigenvalue weighted by Gasteiger charge is 2.16. The summed E-state index contributed by atoms with van der Waals surface area (Å²) in [6, 6.07) is 7.89. The SMILES string of the molecule is C=C(C)C(=O)OCCN(Cc1ccc(C)cc1)C(=O)OCC. The number of ether oxygens (including phenoxy) is 2. The molecule has 0 unspecified atom stereocenters. The van der Waals surface area contributed by atoms with Crippen LogP contribution in [0.15, 0.2) is 36.4 Å². The zero-order valence-electron chi connectivity index (χ0n) is 13.4. The van der Waals surface area contributed by atoms with Crippen LogP contribution in [-0.4, -0.2) is 36.7 Å². The molecule has 0 bridgehead atoms. The van der Waals surface area contributed by atoms with Crippen molar-refractivity contribution in [3.8, 4) is 0 Å². The van der Waals surface area contributed by atoms with E-state index in [1.165, 1.54) is 4.90 Å². The fourth-order valence-electron chi connectivity index (χ4n) is 1.74. The van der Waals surface area contributed by atoms with Crippen LogP contribution < -0.4 is 0 Å². The number of esters is 1. The Morgan fingerprint density at radius 3 is 2.36 bits per heavy atom. The van der Waals surface area contributed by atoms with E-state index in [2.05, 4.69) is 6.58 Å². The Bertz CT molecular complexity index is 522. The fourth-order valence-corrected chi connectivity index (χ4v) is 1.74. The molecule has 0 spiro atoms. The Morgan fingerprint density at radius 1 is 1.18 bits per heavy atom. The highest BCUT2D eigenvalue weighted by molar-refractivity contribution is 5.86. The minimum Gasteiger partial charge on any atom is -0.460 e. The number of aryl methyl sites for hydroxylation is 1. The molecule has 0 N–H and O–H groups in total. The summed E-state index contributed by atoms with van der Waals surface area (Å²) in [6.07, 6.45) is -0.422. The molecular weight excluding hydrogens is 282 g/mol. The van der Waals surface area contributed by atoms with E-state index in [0.717, 1.165) is 11.1 Å². The molecule has 0 saturated heterocycles. The standard InChI is InChI=1S/C17H23NO4/c1-5-21-17(20)18(10-11-22-16(19)13(2)3)12-15-8-6-14(4)7-9-15/h6-9H,2,5,10-12H2,1,3-4H3. The lowest BCUT2D eigenvalue weighted by atomic mass is 10.1. The van der Waals surface area contributed by atoms with Crippen molar-refractivity contribution in [1.29, 1.82) is 0 Å². The van der Waals surface area contributed by atoms with Gasteiger partial charge < -0.3 is 14.4 Å². The van der Waals surface area contributed by atoms with Crippen LogP contribution in [0.4, 0.5) is 4.79 Å². The highest BCUT2D eigenvalue weighted by atomic mass is 16.6. The number of nitrogens with zero attached hydrogens (tertiary/aromatic N) is 1. The zero-order chi connectivity index (χ0) is 16.5. The molecule has 1 aromatic carbocycles. The van der Waals surface area contributed by atoms with E-state index in [1.54, 1.807) is 13.8 Å². The number of hydrogen-bond acceptors (Lipinski definition) is 4. The van der Waals surface area contributed by atoms with Gasteiger partial charge in [-0.2, -0.15) is 0 Å². The van der Waals surface area contributed by atoms with Crippen molar-refractivity contribution in [3.63, 3.8) is 0 Å². The Hall–Kier alpha value is -2.30. The molecule has 5 heteroatoms. The number of benzene rings is 1. The zero-order valence-corrected chi connectivity index (χ0v) is 13.4. The summed E-state index contributed by atoms with van der Waals surface area (Å²) in [6.45, 7) is 9.94. The van der Waals surface area contributed by atoms with Crippen LogP contribution in [0.5, 0.6) is 0 Å². The maximum atomic E-state index is 12.0. The number of carbonyl (C=O) groups is 2. The number of carbonyl (C=O) groups excluding carboxylic acids is 2. The third-order valence-corrected chi connectivity index (χ3v) is 2.96. The third-order valence-electron chi connectivity index (χ3n) is 2.96. The number of hydrogen-bond donors (Lipinski definition) is 0. The van der Waals surface area contributed by atoms with E-state index in [0.29, 0.717) is 18.7 Å². The van der Waals surface area contributed by atoms with E-state index in [9.17, 15) is 9.59 Å². The Labute approximate surface area is 131 Å². The van der Waals surface area contributed by atoms with E-state index in [1.807, 2.05) is 31.2 Å². The smallest absolute Gasteiger partial charge is 0.410 e. The molecule has 0 atom stereocenters. The first kappa shape index (κ1) is 17.8. The summed E-state index contributed by atoms with van der Waals surface area (Å²) < 4.78 is 10.1. The maximum Gasteiger partial charge on any atom is 0.410 e. The first-order chi connectivity index (χ1) is 10.4. The van der Waals surface area contributed by atoms with Gasteiger partial charge in [-0.05, 0) is 26.3 Å². The van der Waals surface area contributed by atoms with Gasteiger partial charge >= 0.3 is 12.1 Å². The van der Waals surface area contributed by atoms with Crippen LogP contribution in [0.25, 0.3) is 0 Å². The average Bonchev–Trinajstić information content (AvgIpc) is 2.48. The number of amides is 1. The van der Waals surface area contributed by atoms with Gasteiger partial charge in [0, 0.05) is 12.1 Å². The fraction of sp³-hybridized carbons (Fsp3) is 0.412. The molecule has 0 radical (unpaired) electrons. The molecule has 5 nitrogen and oxygen atoms in total. The summed E-state index contributed by atoms with van der Waals surface area (Å²) in [7, 11) is 0. The van der Waals surface area contributed by atoms with Crippen LogP contribution in [0, 0.1) is 6.92 Å². The van der Waals surface area contributed by atoms with Gasteiger partial charge in [0.1, 0.15) is 6.61 Å². The lowest BCUT2D eigenvalue weighted by Crippen LogP contribution is -2.34. The Kier molecular flexibility index (Phi) is 7.16. The van der Waals surface area contributed by atoms with Crippen molar-refractivity contribution in [2.24, 2.45) is 0 Å². The van der Waals surface area contributed by atoms with E-state index >= 15 is 0 Å². The lowest BCUT2D eigenvalue weighted by Gasteiger charge is -2.22. The van der Waals surface area contributed by atoms with Crippen molar-refractivity contribution in [1.82, 2.24) is 4.90 Å². The van der Waals surface area contributed by atoms with Crippen molar-refractivity contribution in [2.45, 2.75) is 27.3 Å². The molecule has 0 aromatic heterocycles. The summed E-state index contributed by atoms with van der Waals surface area (Å²) in [5.41, 5.74) is 2.48. The van der Waals surface area contributed by atoms with E-state index < -0.39 is 12.1 Å². The molecule has 1 amide bonds. The van der Waals surface area contributed by atoms with Gasteiger partial charge in [0.25, 0.3) is 0 Å². The van der Waals surface area contributed by atoms with Gasteiger partial charge in [0.2, 0.25) is 0 Å². The van der Waals surface area contributed by atoms with Crippen LogP contribution in [-0.2, 0) is 20.8 Å². The molecule has 1 aromatic rings. The van der Waals surface area contributed by atoms with Crippen LogP contribution in [0.2, 0.25) is 0 Å². The summed E-state index contributed by atoms with van der Waals surface area (Å²) in [4.78, 5) is 24.8. The first-order valence-electron chi connectivity index (χ1n) is 7.24. The molecule has 120 valence electrons. The minimum absolute atomic E-state index is 0.108. The van der Waals surface area contributed by atoms with Crippen molar-refractivity contribution >= 4 is 12.1 Å². The molecule has 0 heterocycles. The molecule has 0 aliphatic rings. The molecule has 0 fully saturated rings. The average molecular weight is 305 g/mol. The second-order valence-corrected chi connectivity index (χ2v) is 5.02. The molecule has 22 heavy (non-hydrogen) atoms. The lowest BCUT2D eigenvalue weighted by molar-refractivity contribution is -0.139. The van der Waals surface area contributed by atoms with E-state index in [-0.39, 0.29) is 13.2 Å². The number of rotatable bonds is 7. The topological polar surface area (TPSA) is 55.8 Å². The predicted octanol–water partition coefficient (Wildman–Crippen LogP) is 3.07. The van der Waals surface area contributed by atoms with Crippen LogP contribution >= 0.6 is 0 Å². The summed E-state index contributed by atoms with van der Waals surface area (Å²) in [5, 5.41) is 0. The molecular formula is C17H23NO4. The van der Waals surface area contributed by atoms with Crippen molar-refractivity contribution in [2.75, 3.05) is 19.8 Å². The molecule has 0 aliphatic carbocycles. The van der Waals surface area contributed by atoms with Gasteiger partial charge in [0.05, 0.1) is 13.2 Å². The molecule has 1 rings (SSSR count).